The number of hydrogen-bond donors (Lipinski definition) is 1. The molecule has 1 saturated carbocycles. The van der Waals surface area contributed by atoms with Crippen molar-refractivity contribution in [2.75, 3.05) is 0 Å². The summed E-state index contributed by atoms with van der Waals surface area (Å²) in [6, 6.07) is 0.116. The van der Waals surface area contributed by atoms with Crippen LogP contribution < -0.4 is 5.73 Å². The molecule has 1 aliphatic carbocycles. The van der Waals surface area contributed by atoms with Gasteiger partial charge in [0.1, 0.15) is 0 Å². The number of nitrogens with two attached hydrogens (primary N) is 1. The van der Waals surface area contributed by atoms with Gasteiger partial charge in [-0.2, -0.15) is 5.10 Å². The molecule has 2 N–H and O–H groups in total. The Morgan fingerprint density at radius 3 is 2.84 bits per heavy atom. The Kier molecular flexibility index (Phi) is 5.89. The van der Waals surface area contributed by atoms with E-state index in [4.69, 9.17) is 5.73 Å². The first-order chi connectivity index (χ1) is 9.22. The number of aromatic nitrogens is 2. The minimum absolute atomic E-state index is 0.116. The first-order valence-corrected chi connectivity index (χ1v) is 8.48. The summed E-state index contributed by atoms with van der Waals surface area (Å²) >= 11 is 3.59. The number of hydrogen-bond acceptors (Lipinski definition) is 2. The largest absolute Gasteiger partial charge is 0.323 e. The van der Waals surface area contributed by atoms with Crippen molar-refractivity contribution in [1.82, 2.24) is 9.78 Å². The maximum Gasteiger partial charge on any atom is 0.0693 e. The molecule has 1 aromatic heterocycles. The van der Waals surface area contributed by atoms with Crippen LogP contribution in [0.2, 0.25) is 0 Å². The highest BCUT2D eigenvalue weighted by Gasteiger charge is 2.19. The Morgan fingerprint density at radius 2 is 2.16 bits per heavy atom. The van der Waals surface area contributed by atoms with Gasteiger partial charge in [-0.05, 0) is 41.1 Å². The van der Waals surface area contributed by atoms with Crippen LogP contribution in [0.15, 0.2) is 10.7 Å². The van der Waals surface area contributed by atoms with Gasteiger partial charge >= 0.3 is 0 Å². The zero-order valence-electron chi connectivity index (χ0n) is 11.9. The molecule has 19 heavy (non-hydrogen) atoms. The summed E-state index contributed by atoms with van der Waals surface area (Å²) in [4.78, 5) is 0. The summed E-state index contributed by atoms with van der Waals surface area (Å²) in [6.07, 6.45) is 12.4. The Balaban J connectivity index is 1.91. The second-order valence-corrected chi connectivity index (χ2v) is 6.64. The molecule has 0 saturated heterocycles. The third-order valence-electron chi connectivity index (χ3n) is 4.23. The van der Waals surface area contributed by atoms with Crippen molar-refractivity contribution in [2.24, 2.45) is 11.7 Å². The summed E-state index contributed by atoms with van der Waals surface area (Å²) in [5, 5.41) is 4.41. The van der Waals surface area contributed by atoms with Crippen molar-refractivity contribution in [3.8, 4) is 0 Å². The van der Waals surface area contributed by atoms with Crippen LogP contribution >= 0.6 is 15.9 Å². The zero-order valence-corrected chi connectivity index (χ0v) is 13.5. The van der Waals surface area contributed by atoms with Crippen LogP contribution in [0.5, 0.6) is 0 Å². The van der Waals surface area contributed by atoms with Crippen LogP contribution in [0.1, 0.15) is 70.0 Å². The molecule has 1 unspecified atom stereocenters. The van der Waals surface area contributed by atoms with E-state index in [9.17, 15) is 0 Å². The molecule has 1 fully saturated rings. The van der Waals surface area contributed by atoms with Gasteiger partial charge in [0, 0.05) is 12.6 Å². The van der Waals surface area contributed by atoms with Crippen molar-refractivity contribution in [3.05, 3.63) is 16.4 Å². The van der Waals surface area contributed by atoms with Gasteiger partial charge < -0.3 is 5.73 Å². The van der Waals surface area contributed by atoms with Gasteiger partial charge in [0.15, 0.2) is 0 Å². The molecule has 0 spiro atoms. The Morgan fingerprint density at radius 1 is 1.42 bits per heavy atom. The fraction of sp³-hybridized carbons (Fsp3) is 0.800. The minimum Gasteiger partial charge on any atom is -0.323 e. The standard InChI is InChI=1S/C15H26BrN3/c1-2-10-19-15(13(16)11-18-19)14(17)9-8-12-6-4-3-5-7-12/h11-12,14H,2-10,17H2,1H3. The second-order valence-electron chi connectivity index (χ2n) is 5.79. The highest BCUT2D eigenvalue weighted by atomic mass is 79.9. The molecule has 1 atom stereocenters. The number of nitrogens with zero attached hydrogens (tertiary/aromatic N) is 2. The lowest BCUT2D eigenvalue weighted by Gasteiger charge is -2.23. The highest BCUT2D eigenvalue weighted by Crippen LogP contribution is 2.31. The van der Waals surface area contributed by atoms with Crippen molar-refractivity contribution < 1.29 is 0 Å². The molecule has 4 heteroatoms. The van der Waals surface area contributed by atoms with Crippen LogP contribution in [0.3, 0.4) is 0 Å². The minimum atomic E-state index is 0.116. The van der Waals surface area contributed by atoms with E-state index in [1.54, 1.807) is 0 Å². The zero-order chi connectivity index (χ0) is 13.7. The summed E-state index contributed by atoms with van der Waals surface area (Å²) in [5.74, 6) is 0.904. The van der Waals surface area contributed by atoms with E-state index in [1.807, 2.05) is 6.20 Å². The lowest BCUT2D eigenvalue weighted by Crippen LogP contribution is -2.18. The Labute approximate surface area is 125 Å². The lowest BCUT2D eigenvalue weighted by atomic mass is 9.85. The monoisotopic (exact) mass is 327 g/mol. The summed E-state index contributed by atoms with van der Waals surface area (Å²) < 4.78 is 3.13. The first kappa shape index (κ1) is 15.0. The summed E-state index contributed by atoms with van der Waals surface area (Å²) in [5.41, 5.74) is 7.58. The smallest absolute Gasteiger partial charge is 0.0693 e. The fourth-order valence-corrected chi connectivity index (χ4v) is 3.75. The number of halogens is 1. The predicted molar refractivity (Wildman–Crippen MR) is 83.0 cm³/mol. The van der Waals surface area contributed by atoms with Crippen molar-refractivity contribution in [2.45, 2.75) is 70.9 Å². The lowest BCUT2D eigenvalue weighted by molar-refractivity contribution is 0.321. The van der Waals surface area contributed by atoms with E-state index >= 15 is 0 Å². The van der Waals surface area contributed by atoms with Crippen LogP contribution in [0.4, 0.5) is 0 Å². The van der Waals surface area contributed by atoms with Gasteiger partial charge in [0.25, 0.3) is 0 Å². The van der Waals surface area contributed by atoms with E-state index in [1.165, 1.54) is 44.2 Å². The quantitative estimate of drug-likeness (QED) is 0.840. The molecule has 108 valence electrons. The van der Waals surface area contributed by atoms with E-state index in [2.05, 4.69) is 32.6 Å². The predicted octanol–water partition coefficient (Wildman–Crippen LogP) is 4.42. The molecule has 1 aromatic rings. The topological polar surface area (TPSA) is 43.8 Å². The molecule has 2 rings (SSSR count). The van der Waals surface area contributed by atoms with E-state index in [0.717, 1.165) is 29.8 Å². The molecule has 0 aromatic carbocycles. The van der Waals surface area contributed by atoms with Gasteiger partial charge in [-0.3, -0.25) is 4.68 Å². The van der Waals surface area contributed by atoms with E-state index < -0.39 is 0 Å². The van der Waals surface area contributed by atoms with Crippen LogP contribution in [0.25, 0.3) is 0 Å². The maximum atomic E-state index is 6.40. The molecule has 0 radical (unpaired) electrons. The SMILES string of the molecule is CCCn1ncc(Br)c1C(N)CCC1CCCCC1. The number of aryl methyl sites for hydroxylation is 1. The maximum absolute atomic E-state index is 6.40. The Hall–Kier alpha value is -0.350. The molecular weight excluding hydrogens is 302 g/mol. The third-order valence-corrected chi connectivity index (χ3v) is 4.84. The van der Waals surface area contributed by atoms with Gasteiger partial charge in [-0.15, -0.1) is 0 Å². The van der Waals surface area contributed by atoms with Crippen molar-refractivity contribution in [3.63, 3.8) is 0 Å². The molecule has 1 aliphatic rings. The van der Waals surface area contributed by atoms with Gasteiger partial charge in [0.05, 0.1) is 16.4 Å². The van der Waals surface area contributed by atoms with Gasteiger partial charge in [0.2, 0.25) is 0 Å². The molecular formula is C15H26BrN3. The van der Waals surface area contributed by atoms with Crippen LogP contribution in [0, 0.1) is 5.92 Å². The van der Waals surface area contributed by atoms with E-state index in [-0.39, 0.29) is 6.04 Å². The number of rotatable bonds is 6. The third kappa shape index (κ3) is 4.06. The van der Waals surface area contributed by atoms with Crippen molar-refractivity contribution in [1.29, 1.82) is 0 Å². The molecule has 1 heterocycles. The second kappa shape index (κ2) is 7.44. The average Bonchev–Trinajstić information content (AvgIpc) is 2.79. The van der Waals surface area contributed by atoms with Crippen molar-refractivity contribution >= 4 is 15.9 Å². The molecule has 0 bridgehead atoms. The normalized spacial score (nSPS) is 18.7. The Bertz CT molecular complexity index is 383. The van der Waals surface area contributed by atoms with Gasteiger partial charge in [-0.1, -0.05) is 39.0 Å². The summed E-state index contributed by atoms with van der Waals surface area (Å²) in [7, 11) is 0. The van der Waals surface area contributed by atoms with Crippen LogP contribution in [-0.2, 0) is 6.54 Å². The van der Waals surface area contributed by atoms with Crippen LogP contribution in [-0.4, -0.2) is 9.78 Å². The summed E-state index contributed by atoms with van der Waals surface area (Å²) in [6.45, 7) is 3.13. The van der Waals surface area contributed by atoms with E-state index in [0.29, 0.717) is 0 Å². The first-order valence-electron chi connectivity index (χ1n) is 7.69. The molecule has 3 nitrogen and oxygen atoms in total. The molecule has 0 amide bonds. The average molecular weight is 328 g/mol. The highest BCUT2D eigenvalue weighted by molar-refractivity contribution is 9.10. The molecule has 0 aliphatic heterocycles. The van der Waals surface area contributed by atoms with Gasteiger partial charge in [-0.25, -0.2) is 0 Å². The fourth-order valence-electron chi connectivity index (χ4n) is 3.16.